The summed E-state index contributed by atoms with van der Waals surface area (Å²) in [5.74, 6) is 7.53. The zero-order valence-corrected chi connectivity index (χ0v) is 27.3. The van der Waals surface area contributed by atoms with Crippen LogP contribution >= 0.6 is 0 Å². The fourth-order valence-corrected chi connectivity index (χ4v) is 8.05. The van der Waals surface area contributed by atoms with Crippen LogP contribution in [-0.4, -0.2) is 0 Å². The Balaban J connectivity index is 1.24. The molecular weight excluding hydrogens is 601 g/mol. The fraction of sp³-hybridized carbons (Fsp3) is 0. The van der Waals surface area contributed by atoms with E-state index in [2.05, 4.69) is 194 Å². The summed E-state index contributed by atoms with van der Waals surface area (Å²) in [5.41, 5.74) is 7.06. The molecule has 10 aromatic carbocycles. The minimum absolute atomic E-state index is 1.06. The normalized spacial score (nSPS) is 11.4. The lowest BCUT2D eigenvalue weighted by atomic mass is 9.87. The van der Waals surface area contributed by atoms with Crippen molar-refractivity contribution in [2.24, 2.45) is 0 Å². The molecule has 230 valence electrons. The first-order valence-electron chi connectivity index (χ1n) is 17.2. The largest absolute Gasteiger partial charge is 0.0622 e. The molecule has 0 heteroatoms. The van der Waals surface area contributed by atoms with Crippen molar-refractivity contribution in [1.82, 2.24) is 0 Å². The van der Waals surface area contributed by atoms with Crippen LogP contribution in [0, 0.1) is 11.8 Å². The second-order valence-electron chi connectivity index (χ2n) is 13.0. The Kier molecular flexibility index (Phi) is 6.51. The van der Waals surface area contributed by atoms with Crippen LogP contribution in [-0.2, 0) is 0 Å². The molecule has 0 radical (unpaired) electrons. The maximum absolute atomic E-state index is 3.77. The zero-order chi connectivity index (χ0) is 33.0. The molecular formula is C50H30. The number of hydrogen-bond donors (Lipinski definition) is 0. The average Bonchev–Trinajstić information content (AvgIpc) is 3.19. The van der Waals surface area contributed by atoms with Gasteiger partial charge in [0.25, 0.3) is 0 Å². The van der Waals surface area contributed by atoms with Gasteiger partial charge in [-0.05, 0) is 93.0 Å². The summed E-state index contributed by atoms with van der Waals surface area (Å²) in [6, 6.07) is 65.8. The summed E-state index contributed by atoms with van der Waals surface area (Å²) in [6.07, 6.45) is 0. The Morgan fingerprint density at radius 2 is 0.620 bits per heavy atom. The molecule has 0 fully saturated rings. The number of hydrogen-bond acceptors (Lipinski definition) is 0. The van der Waals surface area contributed by atoms with E-state index in [-0.39, 0.29) is 0 Å². The van der Waals surface area contributed by atoms with E-state index in [9.17, 15) is 0 Å². The summed E-state index contributed by atoms with van der Waals surface area (Å²) in [5, 5.41) is 14.6. The van der Waals surface area contributed by atoms with Crippen LogP contribution in [0.3, 0.4) is 0 Å². The average molecular weight is 631 g/mol. The molecule has 0 spiro atoms. The molecule has 10 aromatic rings. The zero-order valence-electron chi connectivity index (χ0n) is 27.3. The second-order valence-corrected chi connectivity index (χ2v) is 13.0. The highest BCUT2D eigenvalue weighted by Gasteiger charge is 2.17. The maximum Gasteiger partial charge on any atom is 0.0406 e. The molecule has 0 atom stereocenters. The maximum atomic E-state index is 3.77. The van der Waals surface area contributed by atoms with E-state index in [1.807, 2.05) is 0 Å². The molecule has 0 unspecified atom stereocenters. The summed E-state index contributed by atoms with van der Waals surface area (Å²) in [7, 11) is 0. The molecule has 0 aliphatic rings. The van der Waals surface area contributed by atoms with Crippen molar-refractivity contribution in [3.8, 4) is 34.1 Å². The van der Waals surface area contributed by atoms with Gasteiger partial charge >= 0.3 is 0 Å². The Labute approximate surface area is 290 Å². The van der Waals surface area contributed by atoms with Gasteiger partial charge < -0.3 is 0 Å². The minimum Gasteiger partial charge on any atom is -0.0622 e. The molecule has 0 saturated carbocycles. The first-order chi connectivity index (χ1) is 24.8. The van der Waals surface area contributed by atoms with Gasteiger partial charge in [-0.2, -0.15) is 0 Å². The van der Waals surface area contributed by atoms with E-state index >= 15 is 0 Å². The lowest BCUT2D eigenvalue weighted by Crippen LogP contribution is -1.92. The van der Waals surface area contributed by atoms with Gasteiger partial charge in [-0.15, -0.1) is 0 Å². The second kappa shape index (κ2) is 11.5. The third-order valence-corrected chi connectivity index (χ3v) is 10.3. The lowest BCUT2D eigenvalue weighted by Gasteiger charge is -2.16. The van der Waals surface area contributed by atoms with E-state index in [1.54, 1.807) is 0 Å². The van der Waals surface area contributed by atoms with Gasteiger partial charge in [0.05, 0.1) is 0 Å². The molecule has 0 nitrogen and oxygen atoms in total. The summed E-state index contributed by atoms with van der Waals surface area (Å²) < 4.78 is 0. The van der Waals surface area contributed by atoms with Gasteiger partial charge in [-0.25, -0.2) is 0 Å². The topological polar surface area (TPSA) is 0 Å². The smallest absolute Gasteiger partial charge is 0.0406 e. The monoisotopic (exact) mass is 630 g/mol. The van der Waals surface area contributed by atoms with Crippen molar-refractivity contribution in [3.05, 3.63) is 193 Å². The predicted molar refractivity (Wildman–Crippen MR) is 215 cm³/mol. The first-order valence-corrected chi connectivity index (χ1v) is 17.2. The number of fused-ring (bicyclic) bond motifs is 7. The molecule has 0 amide bonds. The Bertz CT molecular complexity index is 2910. The number of benzene rings is 10. The summed E-state index contributed by atoms with van der Waals surface area (Å²) in [4.78, 5) is 0. The van der Waals surface area contributed by atoms with Gasteiger partial charge in [0, 0.05) is 11.1 Å². The summed E-state index contributed by atoms with van der Waals surface area (Å²) in [6.45, 7) is 0. The molecule has 0 heterocycles. The Morgan fingerprint density at radius 3 is 1.14 bits per heavy atom. The molecule has 0 aliphatic heterocycles. The van der Waals surface area contributed by atoms with Gasteiger partial charge in [-0.3, -0.25) is 0 Å². The summed E-state index contributed by atoms with van der Waals surface area (Å²) >= 11 is 0. The SMILES string of the molecule is C(#Cc1c2ccccc2c(-c2ccc3c(ccc4ccccc43)c2)c2ccccc12)c1c2ccccc2c(-c2ccccc2)c2ccccc12. The van der Waals surface area contributed by atoms with Crippen LogP contribution in [0.2, 0.25) is 0 Å². The van der Waals surface area contributed by atoms with E-state index in [0.717, 1.165) is 11.1 Å². The van der Waals surface area contributed by atoms with E-state index in [0.29, 0.717) is 0 Å². The van der Waals surface area contributed by atoms with Gasteiger partial charge in [-0.1, -0.05) is 188 Å². The van der Waals surface area contributed by atoms with Crippen molar-refractivity contribution >= 4 is 64.6 Å². The molecule has 0 bridgehead atoms. The molecule has 50 heavy (non-hydrogen) atoms. The van der Waals surface area contributed by atoms with Crippen LogP contribution in [0.25, 0.3) is 86.9 Å². The van der Waals surface area contributed by atoms with Crippen LogP contribution in [0.4, 0.5) is 0 Å². The highest BCUT2D eigenvalue weighted by Crippen LogP contribution is 2.42. The lowest BCUT2D eigenvalue weighted by molar-refractivity contribution is 1.66. The molecule has 0 N–H and O–H groups in total. The van der Waals surface area contributed by atoms with Crippen LogP contribution in [0.1, 0.15) is 11.1 Å². The molecule has 0 aromatic heterocycles. The standard InChI is InChI=1S/C50H30/c1-2-15-34(16-3-1)49-45-22-10-6-18-39(45)43(40-19-7-11-23-46(40)49)30-31-44-41-20-8-12-24-47(41)50(48-25-13-9-21-42(44)48)36-28-29-38-35(32-36)27-26-33-14-4-5-17-37(33)38/h1-29,32H. The van der Waals surface area contributed by atoms with Crippen molar-refractivity contribution in [2.45, 2.75) is 0 Å². The van der Waals surface area contributed by atoms with Gasteiger partial charge in [0.1, 0.15) is 0 Å². The first kappa shape index (κ1) is 28.3. The Morgan fingerprint density at radius 1 is 0.240 bits per heavy atom. The third-order valence-electron chi connectivity index (χ3n) is 10.3. The third kappa shape index (κ3) is 4.42. The van der Waals surface area contributed by atoms with Crippen molar-refractivity contribution in [1.29, 1.82) is 0 Å². The molecule has 10 rings (SSSR count). The molecule has 0 saturated heterocycles. The van der Waals surface area contributed by atoms with Gasteiger partial charge in [0.15, 0.2) is 0 Å². The Hall–Kier alpha value is -6.68. The number of rotatable bonds is 2. The van der Waals surface area contributed by atoms with Crippen molar-refractivity contribution in [3.63, 3.8) is 0 Å². The van der Waals surface area contributed by atoms with Crippen molar-refractivity contribution in [2.75, 3.05) is 0 Å². The minimum atomic E-state index is 1.06. The van der Waals surface area contributed by atoms with E-state index in [4.69, 9.17) is 0 Å². The fourth-order valence-electron chi connectivity index (χ4n) is 8.05. The van der Waals surface area contributed by atoms with Crippen LogP contribution < -0.4 is 0 Å². The van der Waals surface area contributed by atoms with E-state index in [1.165, 1.54) is 86.9 Å². The molecule has 0 aliphatic carbocycles. The van der Waals surface area contributed by atoms with E-state index < -0.39 is 0 Å². The highest BCUT2D eigenvalue weighted by molar-refractivity contribution is 6.19. The quantitative estimate of drug-likeness (QED) is 0.101. The predicted octanol–water partition coefficient (Wildman–Crippen LogP) is 13.3. The van der Waals surface area contributed by atoms with Gasteiger partial charge in [0.2, 0.25) is 0 Å². The highest BCUT2D eigenvalue weighted by atomic mass is 14.2. The van der Waals surface area contributed by atoms with Crippen molar-refractivity contribution < 1.29 is 0 Å². The van der Waals surface area contributed by atoms with Crippen LogP contribution in [0.5, 0.6) is 0 Å². The van der Waals surface area contributed by atoms with Crippen LogP contribution in [0.15, 0.2) is 182 Å².